The van der Waals surface area contributed by atoms with Crippen molar-refractivity contribution in [2.75, 3.05) is 39.1 Å². The topological polar surface area (TPSA) is 23.6 Å². The largest absolute Gasteiger partial charge is 0.339 e. The second-order valence-corrected chi connectivity index (χ2v) is 3.19. The van der Waals surface area contributed by atoms with Crippen molar-refractivity contribution >= 4 is 17.5 Å². The predicted octanol–water partition coefficient (Wildman–Crippen LogP) is -0.000800. The zero-order chi connectivity index (χ0) is 8.27. The maximum absolute atomic E-state index is 11.2. The van der Waals surface area contributed by atoms with Gasteiger partial charge in [-0.2, -0.15) is 0 Å². The number of piperazine rings is 1. The number of carbonyl (C=O) groups is 1. The zero-order valence-corrected chi connectivity index (χ0v) is 7.47. The van der Waals surface area contributed by atoms with Crippen LogP contribution in [0.1, 0.15) is 0 Å². The van der Waals surface area contributed by atoms with Crippen LogP contribution in [0.4, 0.5) is 0 Å². The van der Waals surface area contributed by atoms with E-state index >= 15 is 0 Å². The van der Waals surface area contributed by atoms with Crippen molar-refractivity contribution in [2.45, 2.75) is 0 Å². The molecule has 1 aliphatic rings. The van der Waals surface area contributed by atoms with Gasteiger partial charge in [-0.25, -0.2) is 0 Å². The van der Waals surface area contributed by atoms with E-state index in [1.54, 1.807) is 0 Å². The Kier molecular flexibility index (Phi) is 3.15. The molecule has 0 aliphatic carbocycles. The minimum atomic E-state index is 0.194. The van der Waals surface area contributed by atoms with E-state index in [1.807, 2.05) is 16.8 Å². The van der Waals surface area contributed by atoms with Crippen molar-refractivity contribution in [1.29, 1.82) is 0 Å². The molecule has 0 aromatic rings. The van der Waals surface area contributed by atoms with Gasteiger partial charge in [0.2, 0.25) is 5.91 Å². The Morgan fingerprint density at radius 1 is 1.55 bits per heavy atom. The van der Waals surface area contributed by atoms with Crippen LogP contribution in [0.25, 0.3) is 0 Å². The molecule has 0 saturated carbocycles. The lowest BCUT2D eigenvalue weighted by molar-refractivity contribution is -0.135. The lowest BCUT2D eigenvalue weighted by atomic mass is 10.3. The molecule has 1 amide bonds. The molecular formula is C7H13ClN2O. The fraction of sp³-hybridized carbons (Fsp3) is 0.857. The van der Waals surface area contributed by atoms with Gasteiger partial charge in [0.05, 0.1) is 6.54 Å². The Morgan fingerprint density at radius 2 is 2.27 bits per heavy atom. The molecule has 11 heavy (non-hydrogen) atoms. The third-order valence-corrected chi connectivity index (χ3v) is 2.03. The Morgan fingerprint density at radius 3 is 2.82 bits per heavy atom. The Bertz CT molecular complexity index is 151. The molecule has 0 unspecified atom stereocenters. The minimum absolute atomic E-state index is 0.194. The van der Waals surface area contributed by atoms with Crippen LogP contribution >= 0.6 is 11.6 Å². The minimum Gasteiger partial charge on any atom is -0.339 e. The first-order valence-corrected chi connectivity index (χ1v) is 4.30. The highest BCUT2D eigenvalue weighted by molar-refractivity contribution is 6.18. The second-order valence-electron chi connectivity index (χ2n) is 2.81. The van der Waals surface area contributed by atoms with Gasteiger partial charge in [0.1, 0.15) is 0 Å². The summed E-state index contributed by atoms with van der Waals surface area (Å²) in [6.45, 7) is 3.01. The van der Waals surface area contributed by atoms with Crippen molar-refractivity contribution < 1.29 is 4.79 Å². The maximum atomic E-state index is 11.2. The molecule has 1 fully saturated rings. The summed E-state index contributed by atoms with van der Waals surface area (Å²) in [7, 11) is 1.95. The summed E-state index contributed by atoms with van der Waals surface area (Å²) in [6.07, 6.45) is 0. The molecule has 1 heterocycles. The van der Waals surface area contributed by atoms with Crippen LogP contribution in [0.5, 0.6) is 0 Å². The van der Waals surface area contributed by atoms with Crippen molar-refractivity contribution in [3.63, 3.8) is 0 Å². The lowest BCUT2D eigenvalue weighted by Gasteiger charge is -2.31. The molecule has 3 nitrogen and oxygen atoms in total. The van der Waals surface area contributed by atoms with Gasteiger partial charge in [0.15, 0.2) is 0 Å². The zero-order valence-electron chi connectivity index (χ0n) is 6.72. The summed E-state index contributed by atoms with van der Waals surface area (Å²) < 4.78 is 0. The van der Waals surface area contributed by atoms with E-state index in [0.717, 1.165) is 13.1 Å². The van der Waals surface area contributed by atoms with E-state index in [9.17, 15) is 4.79 Å². The van der Waals surface area contributed by atoms with Gasteiger partial charge >= 0.3 is 0 Å². The van der Waals surface area contributed by atoms with Crippen LogP contribution in [0, 0.1) is 0 Å². The van der Waals surface area contributed by atoms with Crippen molar-refractivity contribution in [2.24, 2.45) is 0 Å². The van der Waals surface area contributed by atoms with Gasteiger partial charge in [-0.1, -0.05) is 0 Å². The number of hydrogen-bond acceptors (Lipinski definition) is 2. The monoisotopic (exact) mass is 176 g/mol. The van der Waals surface area contributed by atoms with Crippen LogP contribution in [0.15, 0.2) is 0 Å². The smallest absolute Gasteiger partial charge is 0.236 e. The van der Waals surface area contributed by atoms with Gasteiger partial charge in [-0.3, -0.25) is 9.69 Å². The maximum Gasteiger partial charge on any atom is 0.236 e. The lowest BCUT2D eigenvalue weighted by Crippen LogP contribution is -2.49. The highest BCUT2D eigenvalue weighted by atomic mass is 35.5. The van der Waals surface area contributed by atoms with Crippen LogP contribution in [-0.4, -0.2) is 54.8 Å². The van der Waals surface area contributed by atoms with Gasteiger partial charge in [0, 0.05) is 25.5 Å². The molecule has 0 aromatic carbocycles. The quantitative estimate of drug-likeness (QED) is 0.553. The van der Waals surface area contributed by atoms with E-state index in [1.165, 1.54) is 0 Å². The predicted molar refractivity (Wildman–Crippen MR) is 44.8 cm³/mol. The standard InChI is InChI=1S/C7H13ClN2O/c1-9-4-5-10(3-2-8)7(11)6-9/h2-6H2,1H3. The number of amides is 1. The molecule has 0 N–H and O–H groups in total. The summed E-state index contributed by atoms with van der Waals surface area (Å²) in [6, 6.07) is 0. The number of likely N-dealkylation sites (N-methyl/N-ethyl adjacent to an activating group) is 1. The van der Waals surface area contributed by atoms with Crippen LogP contribution in [0.2, 0.25) is 0 Å². The summed E-state index contributed by atoms with van der Waals surface area (Å²) in [5.41, 5.74) is 0. The van der Waals surface area contributed by atoms with E-state index in [-0.39, 0.29) is 5.91 Å². The van der Waals surface area contributed by atoms with E-state index < -0.39 is 0 Å². The number of rotatable bonds is 2. The SMILES string of the molecule is CN1CCN(CCCl)C(=O)C1. The molecule has 0 aromatic heterocycles. The van der Waals surface area contributed by atoms with Crippen molar-refractivity contribution in [3.8, 4) is 0 Å². The fourth-order valence-electron chi connectivity index (χ4n) is 1.16. The third-order valence-electron chi connectivity index (χ3n) is 1.86. The van der Waals surface area contributed by atoms with Crippen LogP contribution in [0.3, 0.4) is 0 Å². The van der Waals surface area contributed by atoms with Crippen LogP contribution < -0.4 is 0 Å². The first-order chi connectivity index (χ1) is 5.24. The summed E-state index contributed by atoms with van der Waals surface area (Å²) in [5.74, 6) is 0.731. The Balaban J connectivity index is 2.38. The second kappa shape index (κ2) is 3.93. The Hall–Kier alpha value is -0.280. The summed E-state index contributed by atoms with van der Waals surface area (Å²) >= 11 is 5.53. The van der Waals surface area contributed by atoms with Gasteiger partial charge in [0.25, 0.3) is 0 Å². The molecular weight excluding hydrogens is 164 g/mol. The van der Waals surface area contributed by atoms with E-state index in [0.29, 0.717) is 19.0 Å². The molecule has 0 radical (unpaired) electrons. The molecule has 0 spiro atoms. The number of carbonyl (C=O) groups excluding carboxylic acids is 1. The van der Waals surface area contributed by atoms with E-state index in [4.69, 9.17) is 11.6 Å². The highest BCUT2D eigenvalue weighted by Crippen LogP contribution is 2.00. The molecule has 0 bridgehead atoms. The highest BCUT2D eigenvalue weighted by Gasteiger charge is 2.19. The normalized spacial score (nSPS) is 20.9. The van der Waals surface area contributed by atoms with Crippen LogP contribution in [-0.2, 0) is 4.79 Å². The first-order valence-electron chi connectivity index (χ1n) is 3.76. The van der Waals surface area contributed by atoms with Crippen molar-refractivity contribution in [1.82, 2.24) is 9.80 Å². The molecule has 0 atom stereocenters. The Labute approximate surface area is 71.9 Å². The average Bonchev–Trinajstić information content (AvgIpc) is 1.95. The summed E-state index contributed by atoms with van der Waals surface area (Å²) in [4.78, 5) is 15.1. The number of nitrogens with zero attached hydrogens (tertiary/aromatic N) is 2. The van der Waals surface area contributed by atoms with Gasteiger partial charge in [-0.15, -0.1) is 11.6 Å². The average molecular weight is 177 g/mol. The number of hydrogen-bond donors (Lipinski definition) is 0. The number of halogens is 1. The van der Waals surface area contributed by atoms with Gasteiger partial charge < -0.3 is 4.90 Å². The third kappa shape index (κ3) is 2.34. The molecule has 1 saturated heterocycles. The van der Waals surface area contributed by atoms with E-state index in [2.05, 4.69) is 0 Å². The van der Waals surface area contributed by atoms with Crippen molar-refractivity contribution in [3.05, 3.63) is 0 Å². The first kappa shape index (κ1) is 8.81. The molecule has 4 heteroatoms. The van der Waals surface area contributed by atoms with Gasteiger partial charge in [-0.05, 0) is 7.05 Å². The molecule has 1 aliphatic heterocycles. The fourth-order valence-corrected chi connectivity index (χ4v) is 1.37. The number of alkyl halides is 1. The molecule has 64 valence electrons. The summed E-state index contributed by atoms with van der Waals surface area (Å²) in [5, 5.41) is 0. The molecule has 1 rings (SSSR count).